The fourth-order valence-corrected chi connectivity index (χ4v) is 1.51. The molecule has 70 valence electrons. The van der Waals surface area contributed by atoms with Crippen molar-refractivity contribution in [3.63, 3.8) is 0 Å². The van der Waals surface area contributed by atoms with Crippen molar-refractivity contribution in [2.75, 3.05) is 6.54 Å². The standard InChI is InChI=1S/C9H10BrFN2/c1-2-13-9(12)7-4-3-6(11)5-8(7)10/h3-5H,2H2,1H3,(H2,12,13). The molecule has 1 rings (SSSR count). The topological polar surface area (TPSA) is 38.4 Å². The number of aliphatic imine (C=N–C) groups is 1. The van der Waals surface area contributed by atoms with E-state index in [4.69, 9.17) is 5.73 Å². The Bertz CT molecular complexity index is 336. The minimum atomic E-state index is -0.292. The van der Waals surface area contributed by atoms with E-state index in [9.17, 15) is 4.39 Å². The Morgan fingerprint density at radius 3 is 2.85 bits per heavy atom. The molecule has 0 aliphatic heterocycles. The van der Waals surface area contributed by atoms with Gasteiger partial charge in [-0.05, 0) is 41.1 Å². The molecule has 0 aliphatic carbocycles. The number of hydrogen-bond acceptors (Lipinski definition) is 1. The third kappa shape index (κ3) is 2.52. The first-order valence-corrected chi connectivity index (χ1v) is 4.69. The van der Waals surface area contributed by atoms with Crippen LogP contribution in [0.2, 0.25) is 0 Å². The number of amidine groups is 1. The van der Waals surface area contributed by atoms with Gasteiger partial charge in [0, 0.05) is 16.6 Å². The van der Waals surface area contributed by atoms with Crippen LogP contribution in [0.3, 0.4) is 0 Å². The SMILES string of the molecule is CCN=C(N)c1ccc(F)cc1Br. The Balaban J connectivity index is 3.09. The summed E-state index contributed by atoms with van der Waals surface area (Å²) in [6.45, 7) is 2.51. The maximum Gasteiger partial charge on any atom is 0.126 e. The van der Waals surface area contributed by atoms with E-state index in [0.717, 1.165) is 5.56 Å². The van der Waals surface area contributed by atoms with Crippen LogP contribution in [0.25, 0.3) is 0 Å². The lowest BCUT2D eigenvalue weighted by atomic mass is 10.2. The third-order valence-electron chi connectivity index (χ3n) is 1.54. The van der Waals surface area contributed by atoms with Gasteiger partial charge in [-0.3, -0.25) is 4.99 Å². The van der Waals surface area contributed by atoms with E-state index >= 15 is 0 Å². The molecule has 4 heteroatoms. The third-order valence-corrected chi connectivity index (χ3v) is 2.19. The fourth-order valence-electron chi connectivity index (χ4n) is 0.953. The minimum absolute atomic E-state index is 0.292. The van der Waals surface area contributed by atoms with Crippen molar-refractivity contribution in [1.29, 1.82) is 0 Å². The van der Waals surface area contributed by atoms with Crippen molar-refractivity contribution < 1.29 is 4.39 Å². The predicted molar refractivity (Wildman–Crippen MR) is 55.4 cm³/mol. The van der Waals surface area contributed by atoms with Gasteiger partial charge in [-0.1, -0.05) is 0 Å². The quantitative estimate of drug-likeness (QED) is 0.630. The lowest BCUT2D eigenvalue weighted by Crippen LogP contribution is -2.14. The number of nitrogens with zero attached hydrogens (tertiary/aromatic N) is 1. The van der Waals surface area contributed by atoms with Crippen molar-refractivity contribution in [3.05, 3.63) is 34.1 Å². The van der Waals surface area contributed by atoms with Gasteiger partial charge in [0.15, 0.2) is 0 Å². The smallest absolute Gasteiger partial charge is 0.126 e. The summed E-state index contributed by atoms with van der Waals surface area (Å²) in [5, 5.41) is 0. The number of halogens is 2. The first-order chi connectivity index (χ1) is 6.15. The van der Waals surface area contributed by atoms with Crippen LogP contribution in [-0.4, -0.2) is 12.4 Å². The fraction of sp³-hybridized carbons (Fsp3) is 0.222. The summed E-state index contributed by atoms with van der Waals surface area (Å²) in [7, 11) is 0. The van der Waals surface area contributed by atoms with Crippen LogP contribution in [-0.2, 0) is 0 Å². The van der Waals surface area contributed by atoms with E-state index < -0.39 is 0 Å². The molecule has 1 aromatic carbocycles. The molecule has 0 heterocycles. The summed E-state index contributed by atoms with van der Waals surface area (Å²) in [6, 6.07) is 4.33. The second-order valence-corrected chi connectivity index (χ2v) is 3.34. The Morgan fingerprint density at radius 2 is 2.31 bits per heavy atom. The summed E-state index contributed by atoms with van der Waals surface area (Å²) in [5.74, 6) is 0.134. The van der Waals surface area contributed by atoms with E-state index in [1.807, 2.05) is 6.92 Å². The molecule has 0 aromatic heterocycles. The molecule has 2 nitrogen and oxygen atoms in total. The van der Waals surface area contributed by atoms with Crippen molar-refractivity contribution in [1.82, 2.24) is 0 Å². The monoisotopic (exact) mass is 244 g/mol. The van der Waals surface area contributed by atoms with E-state index in [1.54, 1.807) is 6.07 Å². The summed E-state index contributed by atoms with van der Waals surface area (Å²) in [5.41, 5.74) is 6.38. The molecule has 0 spiro atoms. The van der Waals surface area contributed by atoms with Crippen LogP contribution in [0, 0.1) is 5.82 Å². The van der Waals surface area contributed by atoms with Gasteiger partial charge in [0.1, 0.15) is 11.7 Å². The maximum absolute atomic E-state index is 12.7. The zero-order valence-electron chi connectivity index (χ0n) is 7.22. The highest BCUT2D eigenvalue weighted by atomic mass is 79.9. The summed E-state index contributed by atoms with van der Waals surface area (Å²) in [6.07, 6.45) is 0. The van der Waals surface area contributed by atoms with Gasteiger partial charge in [0.05, 0.1) is 0 Å². The van der Waals surface area contributed by atoms with Gasteiger partial charge in [-0.15, -0.1) is 0 Å². The second-order valence-electron chi connectivity index (χ2n) is 2.48. The highest BCUT2D eigenvalue weighted by Gasteiger charge is 2.04. The van der Waals surface area contributed by atoms with Crippen LogP contribution in [0.1, 0.15) is 12.5 Å². The Kier molecular flexibility index (Phi) is 3.42. The molecular weight excluding hydrogens is 235 g/mol. The Hall–Kier alpha value is -0.900. The van der Waals surface area contributed by atoms with Crippen LogP contribution in [0.5, 0.6) is 0 Å². The van der Waals surface area contributed by atoms with E-state index in [-0.39, 0.29) is 5.82 Å². The van der Waals surface area contributed by atoms with Gasteiger partial charge in [-0.2, -0.15) is 0 Å². The zero-order valence-corrected chi connectivity index (χ0v) is 8.81. The van der Waals surface area contributed by atoms with Crippen molar-refractivity contribution >= 4 is 21.8 Å². The first kappa shape index (κ1) is 10.2. The van der Waals surface area contributed by atoms with Crippen LogP contribution in [0.4, 0.5) is 4.39 Å². The number of nitrogens with two attached hydrogens (primary N) is 1. The molecular formula is C9H10BrFN2. The van der Waals surface area contributed by atoms with Gasteiger partial charge in [0.2, 0.25) is 0 Å². The average Bonchev–Trinajstić information content (AvgIpc) is 2.04. The average molecular weight is 245 g/mol. The molecule has 0 saturated carbocycles. The van der Waals surface area contributed by atoms with Crippen LogP contribution < -0.4 is 5.73 Å². The highest BCUT2D eigenvalue weighted by Crippen LogP contribution is 2.17. The Morgan fingerprint density at radius 1 is 1.62 bits per heavy atom. The van der Waals surface area contributed by atoms with Gasteiger partial charge >= 0.3 is 0 Å². The lowest BCUT2D eigenvalue weighted by Gasteiger charge is -2.02. The minimum Gasteiger partial charge on any atom is -0.383 e. The normalized spacial score (nSPS) is 11.8. The molecule has 1 aromatic rings. The molecule has 0 aliphatic rings. The molecule has 0 fully saturated rings. The molecule has 0 bridgehead atoms. The van der Waals surface area contributed by atoms with E-state index in [1.165, 1.54) is 12.1 Å². The van der Waals surface area contributed by atoms with E-state index in [2.05, 4.69) is 20.9 Å². The van der Waals surface area contributed by atoms with Crippen LogP contribution in [0.15, 0.2) is 27.7 Å². The van der Waals surface area contributed by atoms with E-state index in [0.29, 0.717) is 16.9 Å². The highest BCUT2D eigenvalue weighted by molar-refractivity contribution is 9.10. The number of benzene rings is 1. The van der Waals surface area contributed by atoms with Crippen molar-refractivity contribution in [3.8, 4) is 0 Å². The second kappa shape index (κ2) is 4.37. The molecule has 2 N–H and O–H groups in total. The predicted octanol–water partition coefficient (Wildman–Crippen LogP) is 2.31. The summed E-state index contributed by atoms with van der Waals surface area (Å²) >= 11 is 3.22. The first-order valence-electron chi connectivity index (χ1n) is 3.90. The van der Waals surface area contributed by atoms with Crippen molar-refractivity contribution in [2.45, 2.75) is 6.92 Å². The number of rotatable bonds is 2. The van der Waals surface area contributed by atoms with Crippen LogP contribution >= 0.6 is 15.9 Å². The summed E-state index contributed by atoms with van der Waals surface area (Å²) in [4.78, 5) is 4.03. The largest absolute Gasteiger partial charge is 0.383 e. The molecule has 0 radical (unpaired) electrons. The van der Waals surface area contributed by atoms with Crippen molar-refractivity contribution in [2.24, 2.45) is 10.7 Å². The lowest BCUT2D eigenvalue weighted by molar-refractivity contribution is 0.627. The van der Waals surface area contributed by atoms with Gasteiger partial charge in [0.25, 0.3) is 0 Å². The number of hydrogen-bond donors (Lipinski definition) is 1. The Labute approximate surface area is 84.8 Å². The molecule has 0 amide bonds. The molecule has 0 atom stereocenters. The zero-order chi connectivity index (χ0) is 9.84. The molecule has 0 saturated heterocycles. The van der Waals surface area contributed by atoms with Gasteiger partial charge < -0.3 is 5.73 Å². The van der Waals surface area contributed by atoms with Gasteiger partial charge in [-0.25, -0.2) is 4.39 Å². The molecule has 13 heavy (non-hydrogen) atoms. The maximum atomic E-state index is 12.7. The summed E-state index contributed by atoms with van der Waals surface area (Å²) < 4.78 is 13.3. The molecule has 0 unspecified atom stereocenters.